The molecule has 7 heteroatoms. The van der Waals surface area contributed by atoms with Crippen LogP contribution in [-0.4, -0.2) is 18.6 Å². The number of ether oxygens (including phenoxy) is 1. The van der Waals surface area contributed by atoms with Crippen LogP contribution in [0.3, 0.4) is 0 Å². The number of rotatable bonds is 2. The van der Waals surface area contributed by atoms with Gasteiger partial charge in [-0.1, -0.05) is 0 Å². The molecule has 3 nitrogen and oxygen atoms in total. The SMILES string of the molecule is COc1nc(C)c(C2CCCN2)cc1C(F)(F)F.Cl. The van der Waals surface area contributed by atoms with Crippen molar-refractivity contribution in [3.63, 3.8) is 0 Å². The molecule has 0 aromatic carbocycles. The molecular weight excluding hydrogens is 281 g/mol. The number of nitrogens with zero attached hydrogens (tertiary/aromatic N) is 1. The monoisotopic (exact) mass is 296 g/mol. The standard InChI is InChI=1S/C12H15F3N2O.ClH/c1-7-8(10-4-3-5-16-10)6-9(12(13,14)15)11(17-7)18-2;/h6,10,16H,3-5H2,1-2H3;1H. The number of pyridine rings is 1. The lowest BCUT2D eigenvalue weighted by Crippen LogP contribution is -2.17. The Hall–Kier alpha value is -1.01. The van der Waals surface area contributed by atoms with Crippen molar-refractivity contribution >= 4 is 12.4 Å². The normalized spacial score (nSPS) is 19.1. The molecule has 1 unspecified atom stereocenters. The Morgan fingerprint density at radius 2 is 2.11 bits per heavy atom. The fraction of sp³-hybridized carbons (Fsp3) is 0.583. The van der Waals surface area contributed by atoms with E-state index in [1.807, 2.05) is 0 Å². The molecule has 0 aliphatic carbocycles. The smallest absolute Gasteiger partial charge is 0.421 e. The first-order chi connectivity index (χ1) is 8.43. The highest BCUT2D eigenvalue weighted by atomic mass is 35.5. The van der Waals surface area contributed by atoms with Gasteiger partial charge >= 0.3 is 6.18 Å². The summed E-state index contributed by atoms with van der Waals surface area (Å²) < 4.78 is 43.4. The van der Waals surface area contributed by atoms with Gasteiger partial charge in [-0.15, -0.1) is 12.4 Å². The maximum absolute atomic E-state index is 12.9. The molecule has 1 aliphatic rings. The minimum absolute atomic E-state index is 0. The number of methoxy groups -OCH3 is 1. The third-order valence-corrected chi connectivity index (χ3v) is 3.15. The summed E-state index contributed by atoms with van der Waals surface area (Å²) >= 11 is 0. The van der Waals surface area contributed by atoms with E-state index in [2.05, 4.69) is 10.3 Å². The Balaban J connectivity index is 0.00000180. The fourth-order valence-electron chi connectivity index (χ4n) is 2.26. The van der Waals surface area contributed by atoms with Gasteiger partial charge in [0.15, 0.2) is 0 Å². The van der Waals surface area contributed by atoms with Gasteiger partial charge in [-0.05, 0) is 37.9 Å². The zero-order valence-corrected chi connectivity index (χ0v) is 11.5. The molecule has 1 saturated heterocycles. The van der Waals surface area contributed by atoms with Crippen LogP contribution in [0.15, 0.2) is 6.07 Å². The van der Waals surface area contributed by atoms with Crippen molar-refractivity contribution in [3.05, 3.63) is 22.9 Å². The van der Waals surface area contributed by atoms with Crippen molar-refractivity contribution in [2.75, 3.05) is 13.7 Å². The van der Waals surface area contributed by atoms with Crippen molar-refractivity contribution in [1.29, 1.82) is 0 Å². The quantitative estimate of drug-likeness (QED) is 0.909. The Kier molecular flexibility index (Phi) is 5.04. The minimum atomic E-state index is -4.45. The number of aromatic nitrogens is 1. The molecule has 19 heavy (non-hydrogen) atoms. The molecule has 0 radical (unpaired) electrons. The van der Waals surface area contributed by atoms with Crippen LogP contribution in [0.5, 0.6) is 5.88 Å². The third kappa shape index (κ3) is 3.30. The van der Waals surface area contributed by atoms with Gasteiger partial charge in [0.1, 0.15) is 5.56 Å². The molecule has 1 N–H and O–H groups in total. The average molecular weight is 297 g/mol. The Bertz CT molecular complexity index is 445. The van der Waals surface area contributed by atoms with Gasteiger partial charge in [-0.25, -0.2) is 4.98 Å². The Labute approximate surface area is 116 Å². The van der Waals surface area contributed by atoms with Crippen LogP contribution >= 0.6 is 12.4 Å². The van der Waals surface area contributed by atoms with Crippen LogP contribution < -0.4 is 10.1 Å². The van der Waals surface area contributed by atoms with Crippen LogP contribution in [0, 0.1) is 6.92 Å². The van der Waals surface area contributed by atoms with Crippen LogP contribution in [0.2, 0.25) is 0 Å². The van der Waals surface area contributed by atoms with E-state index in [9.17, 15) is 13.2 Å². The van der Waals surface area contributed by atoms with E-state index < -0.39 is 11.7 Å². The molecular formula is C12H16ClF3N2O. The van der Waals surface area contributed by atoms with E-state index in [4.69, 9.17) is 4.74 Å². The first kappa shape index (κ1) is 16.0. The van der Waals surface area contributed by atoms with E-state index in [0.717, 1.165) is 25.5 Å². The van der Waals surface area contributed by atoms with Gasteiger partial charge in [0.05, 0.1) is 7.11 Å². The summed E-state index contributed by atoms with van der Waals surface area (Å²) in [6.07, 6.45) is -2.64. The second-order valence-electron chi connectivity index (χ2n) is 4.37. The number of halogens is 4. The number of aryl methyl sites for hydroxylation is 1. The highest BCUT2D eigenvalue weighted by Gasteiger charge is 2.37. The molecule has 0 saturated carbocycles. The van der Waals surface area contributed by atoms with Crippen molar-refractivity contribution in [2.24, 2.45) is 0 Å². The molecule has 1 aliphatic heterocycles. The molecule has 108 valence electrons. The summed E-state index contributed by atoms with van der Waals surface area (Å²) in [6, 6.07) is 1.12. The highest BCUT2D eigenvalue weighted by Crippen LogP contribution is 2.38. The average Bonchev–Trinajstić information content (AvgIpc) is 2.80. The molecule has 0 spiro atoms. The van der Waals surface area contributed by atoms with E-state index in [0.29, 0.717) is 11.3 Å². The Morgan fingerprint density at radius 1 is 1.42 bits per heavy atom. The third-order valence-electron chi connectivity index (χ3n) is 3.15. The summed E-state index contributed by atoms with van der Waals surface area (Å²) in [5.74, 6) is -0.359. The molecule has 1 fully saturated rings. The number of hydrogen-bond acceptors (Lipinski definition) is 3. The van der Waals surface area contributed by atoms with Crippen LogP contribution in [0.4, 0.5) is 13.2 Å². The van der Waals surface area contributed by atoms with Gasteiger partial charge in [0.2, 0.25) is 5.88 Å². The van der Waals surface area contributed by atoms with Crippen molar-refractivity contribution in [2.45, 2.75) is 32.0 Å². The summed E-state index contributed by atoms with van der Waals surface area (Å²) in [7, 11) is 1.20. The van der Waals surface area contributed by atoms with Crippen LogP contribution in [-0.2, 0) is 6.18 Å². The highest BCUT2D eigenvalue weighted by molar-refractivity contribution is 5.85. The molecule has 1 aromatic heterocycles. The maximum atomic E-state index is 12.9. The summed E-state index contributed by atoms with van der Waals surface area (Å²) in [6.45, 7) is 2.54. The summed E-state index contributed by atoms with van der Waals surface area (Å²) in [5, 5.41) is 3.18. The topological polar surface area (TPSA) is 34.1 Å². The van der Waals surface area contributed by atoms with Crippen molar-refractivity contribution in [3.8, 4) is 5.88 Å². The second kappa shape index (κ2) is 5.96. The predicted molar refractivity (Wildman–Crippen MR) is 67.8 cm³/mol. The zero-order chi connectivity index (χ0) is 13.3. The van der Waals surface area contributed by atoms with E-state index >= 15 is 0 Å². The number of alkyl halides is 3. The zero-order valence-electron chi connectivity index (χ0n) is 10.7. The lowest BCUT2D eigenvalue weighted by molar-refractivity contribution is -0.139. The summed E-state index contributed by atoms with van der Waals surface area (Å²) in [4.78, 5) is 3.92. The van der Waals surface area contributed by atoms with Gasteiger partial charge in [0, 0.05) is 11.7 Å². The van der Waals surface area contributed by atoms with Crippen molar-refractivity contribution in [1.82, 2.24) is 10.3 Å². The largest absolute Gasteiger partial charge is 0.481 e. The van der Waals surface area contributed by atoms with Gasteiger partial charge in [-0.2, -0.15) is 13.2 Å². The molecule has 0 bridgehead atoms. The van der Waals surface area contributed by atoms with Crippen LogP contribution in [0.25, 0.3) is 0 Å². The first-order valence-electron chi connectivity index (χ1n) is 5.79. The number of nitrogens with one attached hydrogen (secondary N) is 1. The van der Waals surface area contributed by atoms with E-state index in [1.165, 1.54) is 7.11 Å². The van der Waals surface area contributed by atoms with Gasteiger partial charge in [-0.3, -0.25) is 0 Å². The van der Waals surface area contributed by atoms with Crippen molar-refractivity contribution < 1.29 is 17.9 Å². The maximum Gasteiger partial charge on any atom is 0.421 e. The number of hydrogen-bond donors (Lipinski definition) is 1. The first-order valence-corrected chi connectivity index (χ1v) is 5.79. The lowest BCUT2D eigenvalue weighted by Gasteiger charge is -2.18. The van der Waals surface area contributed by atoms with Gasteiger partial charge < -0.3 is 10.1 Å². The Morgan fingerprint density at radius 3 is 2.58 bits per heavy atom. The molecule has 2 rings (SSSR count). The van der Waals surface area contributed by atoms with Gasteiger partial charge in [0.25, 0.3) is 0 Å². The predicted octanol–water partition coefficient (Wildman–Crippen LogP) is 3.26. The van der Waals surface area contributed by atoms with Crippen LogP contribution in [0.1, 0.15) is 35.7 Å². The molecule has 1 atom stereocenters. The minimum Gasteiger partial charge on any atom is -0.481 e. The lowest BCUT2D eigenvalue weighted by atomic mass is 10.0. The molecule has 1 aromatic rings. The fourth-order valence-corrected chi connectivity index (χ4v) is 2.26. The summed E-state index contributed by atoms with van der Waals surface area (Å²) in [5.41, 5.74) is 0.388. The van der Waals surface area contributed by atoms with E-state index in [-0.39, 0.29) is 24.3 Å². The second-order valence-corrected chi connectivity index (χ2v) is 4.37. The molecule has 0 amide bonds. The van der Waals surface area contributed by atoms with E-state index in [1.54, 1.807) is 6.92 Å². The molecule has 2 heterocycles.